The molecule has 2 aromatic rings. The summed E-state index contributed by atoms with van der Waals surface area (Å²) in [4.78, 5) is 13.8. The molecule has 0 radical (unpaired) electrons. The van der Waals surface area contributed by atoms with Crippen molar-refractivity contribution in [2.75, 3.05) is 24.7 Å². The first-order chi connectivity index (χ1) is 12.9. The van der Waals surface area contributed by atoms with Crippen molar-refractivity contribution in [3.63, 3.8) is 0 Å². The first kappa shape index (κ1) is 18.3. The number of aromatic nitrogens is 3. The van der Waals surface area contributed by atoms with Crippen LogP contribution < -0.4 is 5.32 Å². The summed E-state index contributed by atoms with van der Waals surface area (Å²) < 4.78 is 25.3. The lowest BCUT2D eigenvalue weighted by Crippen LogP contribution is -2.44. The first-order valence-corrected chi connectivity index (χ1v) is 11.2. The van der Waals surface area contributed by atoms with Gasteiger partial charge in [-0.25, -0.2) is 22.7 Å². The van der Waals surface area contributed by atoms with Crippen molar-refractivity contribution >= 4 is 15.8 Å². The molecule has 8 heteroatoms. The van der Waals surface area contributed by atoms with E-state index in [0.717, 1.165) is 48.7 Å². The third-order valence-corrected chi connectivity index (χ3v) is 7.09. The minimum Gasteiger partial charge on any atom is -0.364 e. The second-order valence-corrected chi connectivity index (χ2v) is 9.55. The third kappa shape index (κ3) is 3.55. The molecule has 2 aromatic heterocycles. The Morgan fingerprint density at radius 1 is 1.19 bits per heavy atom. The number of piperidine rings is 1. The summed E-state index contributed by atoms with van der Waals surface area (Å²) in [6.07, 6.45) is 6.67. The van der Waals surface area contributed by atoms with Crippen LogP contribution in [0.15, 0.2) is 24.4 Å². The predicted molar refractivity (Wildman–Crippen MR) is 104 cm³/mol. The molecule has 3 heterocycles. The number of pyridine rings is 1. The molecular formula is C19H25N5O2S. The lowest BCUT2D eigenvalue weighted by Gasteiger charge is -2.38. The van der Waals surface area contributed by atoms with Crippen LogP contribution in [0.25, 0.3) is 0 Å². The standard InChI is InChI=1S/C19H25N5O2S/c1-14-22-17-16(18(23-14)21-13-15-5-3-4-10-20-15)6-7-19(17)8-11-24(12-9-19)27(2,25)26/h3-5,10H,6-9,11-13H2,1-2H3,(H,21,22,23). The lowest BCUT2D eigenvalue weighted by atomic mass is 9.76. The van der Waals surface area contributed by atoms with Gasteiger partial charge in [0.2, 0.25) is 10.0 Å². The van der Waals surface area contributed by atoms with E-state index in [1.165, 1.54) is 11.8 Å². The predicted octanol–water partition coefficient (Wildman–Crippen LogP) is 2.03. The average molecular weight is 388 g/mol. The summed E-state index contributed by atoms with van der Waals surface area (Å²) in [7, 11) is -3.12. The topological polar surface area (TPSA) is 88.1 Å². The van der Waals surface area contributed by atoms with Crippen LogP contribution in [0.1, 0.15) is 42.0 Å². The number of hydrogen-bond donors (Lipinski definition) is 1. The van der Waals surface area contributed by atoms with Gasteiger partial charge < -0.3 is 5.32 Å². The summed E-state index contributed by atoms with van der Waals surface area (Å²) in [5.41, 5.74) is 3.25. The van der Waals surface area contributed by atoms with Crippen LogP contribution in [-0.4, -0.2) is 47.0 Å². The van der Waals surface area contributed by atoms with E-state index in [1.54, 1.807) is 10.5 Å². The quantitative estimate of drug-likeness (QED) is 0.864. The van der Waals surface area contributed by atoms with E-state index < -0.39 is 10.0 Å². The Morgan fingerprint density at radius 2 is 1.96 bits per heavy atom. The van der Waals surface area contributed by atoms with Crippen LogP contribution in [0, 0.1) is 6.92 Å². The number of hydrogen-bond acceptors (Lipinski definition) is 6. The Balaban J connectivity index is 1.58. The largest absolute Gasteiger partial charge is 0.364 e. The lowest BCUT2D eigenvalue weighted by molar-refractivity contribution is 0.228. The Bertz CT molecular complexity index is 938. The van der Waals surface area contributed by atoms with Gasteiger partial charge >= 0.3 is 0 Å². The second kappa shape index (κ2) is 6.83. The van der Waals surface area contributed by atoms with E-state index in [-0.39, 0.29) is 5.41 Å². The van der Waals surface area contributed by atoms with Gasteiger partial charge in [0.25, 0.3) is 0 Å². The fraction of sp³-hybridized carbons (Fsp3) is 0.526. The smallest absolute Gasteiger partial charge is 0.211 e. The molecule has 0 aromatic carbocycles. The molecule has 1 spiro atoms. The summed E-state index contributed by atoms with van der Waals surface area (Å²) in [6, 6.07) is 5.87. The van der Waals surface area contributed by atoms with Crippen molar-refractivity contribution in [3.8, 4) is 0 Å². The highest BCUT2D eigenvalue weighted by molar-refractivity contribution is 7.88. The zero-order valence-corrected chi connectivity index (χ0v) is 16.6. The maximum absolute atomic E-state index is 11.8. The molecule has 7 nitrogen and oxygen atoms in total. The van der Waals surface area contributed by atoms with E-state index in [1.807, 2.05) is 25.1 Å². The number of nitrogens with one attached hydrogen (secondary N) is 1. The molecule has 2 aliphatic rings. The van der Waals surface area contributed by atoms with Crippen LogP contribution in [0.4, 0.5) is 5.82 Å². The highest BCUT2D eigenvalue weighted by Gasteiger charge is 2.45. The first-order valence-electron chi connectivity index (χ1n) is 9.34. The molecule has 1 fully saturated rings. The van der Waals surface area contributed by atoms with E-state index in [0.29, 0.717) is 19.6 Å². The van der Waals surface area contributed by atoms with Gasteiger partial charge in [-0.05, 0) is 44.7 Å². The van der Waals surface area contributed by atoms with E-state index >= 15 is 0 Å². The Hall–Kier alpha value is -2.06. The molecule has 0 saturated carbocycles. The van der Waals surface area contributed by atoms with Gasteiger partial charge in [-0.3, -0.25) is 4.98 Å². The normalized spacial score (nSPS) is 19.2. The molecule has 1 saturated heterocycles. The minimum atomic E-state index is -3.12. The second-order valence-electron chi connectivity index (χ2n) is 7.56. The Kier molecular flexibility index (Phi) is 4.63. The van der Waals surface area contributed by atoms with E-state index in [4.69, 9.17) is 4.98 Å². The number of aryl methyl sites for hydroxylation is 1. The van der Waals surface area contributed by atoms with Crippen LogP contribution >= 0.6 is 0 Å². The minimum absolute atomic E-state index is 0.0222. The molecule has 1 aliphatic carbocycles. The number of fused-ring (bicyclic) bond motifs is 2. The van der Waals surface area contributed by atoms with Crippen molar-refractivity contribution in [1.82, 2.24) is 19.3 Å². The molecule has 0 unspecified atom stereocenters. The zero-order chi connectivity index (χ0) is 19.1. The van der Waals surface area contributed by atoms with Crippen LogP contribution in [-0.2, 0) is 28.4 Å². The molecule has 0 bridgehead atoms. The Labute approximate surface area is 160 Å². The number of rotatable bonds is 4. The van der Waals surface area contributed by atoms with E-state index in [9.17, 15) is 8.42 Å². The fourth-order valence-corrected chi connectivity index (χ4v) is 5.16. The van der Waals surface area contributed by atoms with Crippen molar-refractivity contribution in [1.29, 1.82) is 0 Å². The molecule has 1 N–H and O–H groups in total. The van der Waals surface area contributed by atoms with Crippen LogP contribution in [0.2, 0.25) is 0 Å². The van der Waals surface area contributed by atoms with Crippen molar-refractivity contribution < 1.29 is 8.42 Å². The SMILES string of the molecule is Cc1nc(NCc2ccccn2)c2c(n1)C1(CC2)CCN(S(C)(=O)=O)CC1. The van der Waals surface area contributed by atoms with E-state index in [2.05, 4.69) is 15.3 Å². The molecule has 4 rings (SSSR count). The van der Waals surface area contributed by atoms with Gasteiger partial charge in [0, 0.05) is 30.3 Å². The Morgan fingerprint density at radius 3 is 2.63 bits per heavy atom. The molecule has 144 valence electrons. The molecule has 0 amide bonds. The monoisotopic (exact) mass is 387 g/mol. The van der Waals surface area contributed by atoms with Gasteiger partial charge in [-0.1, -0.05) is 6.07 Å². The van der Waals surface area contributed by atoms with Crippen LogP contribution in [0.5, 0.6) is 0 Å². The van der Waals surface area contributed by atoms with Crippen molar-refractivity contribution in [3.05, 3.63) is 47.2 Å². The fourth-order valence-electron chi connectivity index (χ4n) is 4.31. The van der Waals surface area contributed by atoms with Gasteiger partial charge in [-0.2, -0.15) is 0 Å². The molecular weight excluding hydrogens is 362 g/mol. The zero-order valence-electron chi connectivity index (χ0n) is 15.8. The maximum atomic E-state index is 11.8. The van der Waals surface area contributed by atoms with Gasteiger partial charge in [0.05, 0.1) is 24.2 Å². The molecule has 1 aliphatic heterocycles. The number of sulfonamides is 1. The van der Waals surface area contributed by atoms with Crippen molar-refractivity contribution in [2.24, 2.45) is 0 Å². The highest BCUT2D eigenvalue weighted by Crippen LogP contribution is 2.47. The number of anilines is 1. The van der Waals surface area contributed by atoms with Gasteiger partial charge in [-0.15, -0.1) is 0 Å². The maximum Gasteiger partial charge on any atom is 0.211 e. The average Bonchev–Trinajstić information content (AvgIpc) is 2.98. The third-order valence-electron chi connectivity index (χ3n) is 5.79. The van der Waals surface area contributed by atoms with Crippen LogP contribution in [0.3, 0.4) is 0 Å². The summed E-state index contributed by atoms with van der Waals surface area (Å²) >= 11 is 0. The van der Waals surface area contributed by atoms with Gasteiger partial charge in [0.15, 0.2) is 0 Å². The summed E-state index contributed by atoms with van der Waals surface area (Å²) in [6.45, 7) is 3.68. The van der Waals surface area contributed by atoms with Crippen molar-refractivity contribution in [2.45, 2.75) is 44.6 Å². The molecule has 0 atom stereocenters. The number of nitrogens with zero attached hydrogens (tertiary/aromatic N) is 4. The highest BCUT2D eigenvalue weighted by atomic mass is 32.2. The summed E-state index contributed by atoms with van der Waals surface area (Å²) in [5, 5.41) is 3.44. The summed E-state index contributed by atoms with van der Waals surface area (Å²) in [5.74, 6) is 1.65. The molecule has 27 heavy (non-hydrogen) atoms. The van der Waals surface area contributed by atoms with Gasteiger partial charge in [0.1, 0.15) is 11.6 Å².